The highest BCUT2D eigenvalue weighted by Gasteiger charge is 2.51. The van der Waals surface area contributed by atoms with E-state index in [0.29, 0.717) is 10.7 Å². The van der Waals surface area contributed by atoms with Gasteiger partial charge in [0.15, 0.2) is 0 Å². The monoisotopic (exact) mass is 342 g/mol. The molecule has 2 rings (SSSR count). The molecular formula is C13H14N2O5S2. The smallest absolute Gasteiger partial charge is 0.353 e. The minimum absolute atomic E-state index is 0.0652. The Balaban J connectivity index is 2.09. The molecule has 2 heterocycles. The Hall–Kier alpha value is -1.71. The second kappa shape index (κ2) is 7.03. The van der Waals surface area contributed by atoms with Crippen molar-refractivity contribution in [3.8, 4) is 0 Å². The number of rotatable bonds is 6. The van der Waals surface area contributed by atoms with Crippen LogP contribution < -0.4 is 5.73 Å². The third-order valence-corrected chi connectivity index (χ3v) is 5.31. The number of nitrogens with two attached hydrogens (primary N) is 1. The summed E-state index contributed by atoms with van der Waals surface area (Å²) in [5.41, 5.74) is 5.59. The van der Waals surface area contributed by atoms with Crippen LogP contribution in [0.15, 0.2) is 34.7 Å². The maximum Gasteiger partial charge on any atom is 0.353 e. The molecule has 3 N–H and O–H groups in total. The fourth-order valence-corrected chi connectivity index (χ4v) is 4.20. The second-order valence-electron chi connectivity index (χ2n) is 4.35. The molecule has 2 aliphatic rings. The summed E-state index contributed by atoms with van der Waals surface area (Å²) in [4.78, 5) is 36.1. The minimum Gasteiger partial charge on any atom is -0.477 e. The van der Waals surface area contributed by atoms with Crippen LogP contribution in [0, 0.1) is 0 Å². The molecule has 0 bridgehead atoms. The Morgan fingerprint density at radius 3 is 2.95 bits per heavy atom. The van der Waals surface area contributed by atoms with Crippen molar-refractivity contribution in [3.05, 3.63) is 34.7 Å². The molecule has 22 heavy (non-hydrogen) atoms. The Bertz CT molecular complexity index is 587. The number of carbonyl (C=O) groups excluding carboxylic acids is 2. The number of hydrogen-bond donors (Lipinski definition) is 2. The molecule has 0 aliphatic carbocycles. The van der Waals surface area contributed by atoms with Gasteiger partial charge in [0.1, 0.15) is 23.7 Å². The van der Waals surface area contributed by atoms with Crippen LogP contribution in [0.25, 0.3) is 0 Å². The summed E-state index contributed by atoms with van der Waals surface area (Å²) < 4.78 is 4.76. The molecule has 0 unspecified atom stereocenters. The molecule has 1 amide bonds. The van der Waals surface area contributed by atoms with E-state index < -0.39 is 23.9 Å². The van der Waals surface area contributed by atoms with Crippen LogP contribution in [0.4, 0.5) is 0 Å². The first kappa shape index (κ1) is 16.7. The van der Waals surface area contributed by atoms with E-state index in [2.05, 4.69) is 6.58 Å². The van der Waals surface area contributed by atoms with E-state index in [1.807, 2.05) is 0 Å². The molecule has 0 spiro atoms. The molecule has 0 aromatic rings. The van der Waals surface area contributed by atoms with Crippen molar-refractivity contribution in [2.75, 3.05) is 12.4 Å². The lowest BCUT2D eigenvalue weighted by atomic mass is 10.1. The van der Waals surface area contributed by atoms with Gasteiger partial charge in [-0.1, -0.05) is 24.4 Å². The Morgan fingerprint density at radius 2 is 2.32 bits per heavy atom. The van der Waals surface area contributed by atoms with E-state index in [1.54, 1.807) is 0 Å². The predicted molar refractivity (Wildman–Crippen MR) is 83.6 cm³/mol. The molecule has 0 aromatic carbocycles. The number of thioether (sulfide) groups is 2. The van der Waals surface area contributed by atoms with Gasteiger partial charge in [-0.2, -0.15) is 0 Å². The standard InChI is InChI=1S/C13H14N2O5S2/c1-2-4-20-8(16)3-5-21-7-6-22-12-9(14)11(17)15(12)10(7)13(18)19/h2-3,5,9,12H,1,4,6,14H2,(H,18,19)/t9-,12+/m1/s1. The molecule has 1 saturated heterocycles. The van der Waals surface area contributed by atoms with Crippen LogP contribution in [-0.2, 0) is 19.1 Å². The number of aliphatic carboxylic acids is 1. The van der Waals surface area contributed by atoms with Crippen LogP contribution in [0.1, 0.15) is 0 Å². The quantitative estimate of drug-likeness (QED) is 0.311. The molecule has 0 saturated carbocycles. The fraction of sp³-hybridized carbons (Fsp3) is 0.308. The molecule has 0 aromatic heterocycles. The van der Waals surface area contributed by atoms with Gasteiger partial charge in [-0.15, -0.1) is 11.8 Å². The average molecular weight is 342 g/mol. The third-order valence-electron chi connectivity index (χ3n) is 2.93. The van der Waals surface area contributed by atoms with E-state index in [9.17, 15) is 19.5 Å². The van der Waals surface area contributed by atoms with Crippen LogP contribution in [0.5, 0.6) is 0 Å². The molecular weight excluding hydrogens is 328 g/mol. The van der Waals surface area contributed by atoms with E-state index in [0.717, 1.165) is 11.8 Å². The summed E-state index contributed by atoms with van der Waals surface area (Å²) in [6, 6.07) is -0.657. The van der Waals surface area contributed by atoms with Gasteiger partial charge in [0.2, 0.25) is 5.91 Å². The first-order valence-electron chi connectivity index (χ1n) is 6.25. The van der Waals surface area contributed by atoms with Crippen molar-refractivity contribution in [2.24, 2.45) is 5.73 Å². The van der Waals surface area contributed by atoms with Gasteiger partial charge in [-0.05, 0) is 5.41 Å². The molecule has 2 aliphatic heterocycles. The normalized spacial score (nSPS) is 24.0. The highest BCUT2D eigenvalue weighted by atomic mass is 32.2. The number of amides is 1. The van der Waals surface area contributed by atoms with Gasteiger partial charge in [0, 0.05) is 16.7 Å². The van der Waals surface area contributed by atoms with Gasteiger partial charge < -0.3 is 15.6 Å². The number of esters is 1. The number of ether oxygens (including phenoxy) is 1. The first-order valence-corrected chi connectivity index (χ1v) is 8.17. The summed E-state index contributed by atoms with van der Waals surface area (Å²) in [6.45, 7) is 3.53. The lowest BCUT2D eigenvalue weighted by Gasteiger charge is -2.47. The lowest BCUT2D eigenvalue weighted by molar-refractivity contribution is -0.147. The summed E-state index contributed by atoms with van der Waals surface area (Å²) in [7, 11) is 0. The van der Waals surface area contributed by atoms with Gasteiger partial charge in [0.05, 0.1) is 0 Å². The largest absolute Gasteiger partial charge is 0.477 e. The minimum atomic E-state index is -1.18. The zero-order chi connectivity index (χ0) is 16.3. The van der Waals surface area contributed by atoms with Crippen molar-refractivity contribution in [3.63, 3.8) is 0 Å². The van der Waals surface area contributed by atoms with E-state index >= 15 is 0 Å². The lowest BCUT2D eigenvalue weighted by Crippen LogP contribution is -2.68. The number of fused-ring (bicyclic) bond motifs is 1. The highest BCUT2D eigenvalue weighted by Crippen LogP contribution is 2.42. The van der Waals surface area contributed by atoms with E-state index in [4.69, 9.17) is 10.5 Å². The van der Waals surface area contributed by atoms with Gasteiger partial charge in [-0.25, -0.2) is 9.59 Å². The van der Waals surface area contributed by atoms with Crippen molar-refractivity contribution in [1.29, 1.82) is 0 Å². The third kappa shape index (κ3) is 3.21. The number of carboxylic acids is 1. The maximum atomic E-state index is 11.7. The molecule has 118 valence electrons. The number of nitrogens with zero attached hydrogens (tertiary/aromatic N) is 1. The van der Waals surface area contributed by atoms with E-state index in [1.165, 1.54) is 34.2 Å². The fourth-order valence-electron chi connectivity index (χ4n) is 1.94. The Labute approximate surface area is 135 Å². The van der Waals surface area contributed by atoms with Crippen molar-refractivity contribution >= 4 is 41.4 Å². The Morgan fingerprint density at radius 1 is 1.59 bits per heavy atom. The van der Waals surface area contributed by atoms with E-state index in [-0.39, 0.29) is 17.7 Å². The van der Waals surface area contributed by atoms with Crippen LogP contribution in [0.2, 0.25) is 0 Å². The molecule has 2 atom stereocenters. The zero-order valence-corrected chi connectivity index (χ0v) is 13.1. The second-order valence-corrected chi connectivity index (χ2v) is 6.46. The summed E-state index contributed by atoms with van der Waals surface area (Å²) in [6.07, 6.45) is 2.64. The summed E-state index contributed by atoms with van der Waals surface area (Å²) in [5, 5.41) is 10.4. The predicted octanol–water partition coefficient (Wildman–Crippen LogP) is 0.501. The van der Waals surface area contributed by atoms with Gasteiger partial charge >= 0.3 is 11.9 Å². The molecule has 7 nitrogen and oxygen atoms in total. The number of carbonyl (C=O) groups is 3. The van der Waals surface area contributed by atoms with Crippen molar-refractivity contribution in [1.82, 2.24) is 4.90 Å². The van der Waals surface area contributed by atoms with Crippen molar-refractivity contribution in [2.45, 2.75) is 11.4 Å². The number of β-lactam (4-membered cyclic amide) rings is 1. The highest BCUT2D eigenvalue weighted by molar-refractivity contribution is 8.08. The summed E-state index contributed by atoms with van der Waals surface area (Å²) in [5.74, 6) is -1.72. The molecule has 0 radical (unpaired) electrons. The molecule has 1 fully saturated rings. The number of hydrogen-bond acceptors (Lipinski definition) is 7. The molecule has 9 heteroatoms. The topological polar surface area (TPSA) is 110 Å². The maximum absolute atomic E-state index is 11.7. The zero-order valence-electron chi connectivity index (χ0n) is 11.4. The van der Waals surface area contributed by atoms with Crippen LogP contribution in [-0.4, -0.2) is 51.6 Å². The van der Waals surface area contributed by atoms with Gasteiger partial charge in [-0.3, -0.25) is 9.69 Å². The van der Waals surface area contributed by atoms with Crippen LogP contribution in [0.3, 0.4) is 0 Å². The first-order chi connectivity index (χ1) is 10.5. The Kier molecular flexibility index (Phi) is 5.33. The SMILES string of the molecule is C=CCOC(=O)C=CSC1=C(C(=O)O)N2C(=O)[C@@H](N)[C@@H]2SC1. The number of carboxylic acid groups (broad SMARTS) is 1. The average Bonchev–Trinajstić information content (AvgIpc) is 2.51. The van der Waals surface area contributed by atoms with Gasteiger partial charge in [0.25, 0.3) is 0 Å². The van der Waals surface area contributed by atoms with Crippen molar-refractivity contribution < 1.29 is 24.2 Å². The summed E-state index contributed by atoms with van der Waals surface area (Å²) >= 11 is 2.48. The van der Waals surface area contributed by atoms with Crippen LogP contribution >= 0.6 is 23.5 Å².